The van der Waals surface area contributed by atoms with E-state index < -0.39 is 23.8 Å². The molecule has 2 unspecified atom stereocenters. The van der Waals surface area contributed by atoms with Gasteiger partial charge in [-0.25, -0.2) is 0 Å². The summed E-state index contributed by atoms with van der Waals surface area (Å²) in [5.41, 5.74) is 1.84. The van der Waals surface area contributed by atoms with Crippen molar-refractivity contribution in [3.8, 4) is 0 Å². The Labute approximate surface area is 141 Å². The van der Waals surface area contributed by atoms with Crippen LogP contribution in [0.5, 0.6) is 0 Å². The van der Waals surface area contributed by atoms with Gasteiger partial charge in [0.15, 0.2) is 0 Å². The molecule has 0 amide bonds. The quantitative estimate of drug-likeness (QED) is 0.731. The summed E-state index contributed by atoms with van der Waals surface area (Å²) in [6, 6.07) is 18.8. The molecule has 0 fully saturated rings. The molecule has 0 bridgehead atoms. The van der Waals surface area contributed by atoms with Crippen molar-refractivity contribution in [3.63, 3.8) is 0 Å². The average molecular weight is 326 g/mol. The lowest BCUT2D eigenvalue weighted by Gasteiger charge is -2.23. The van der Waals surface area contributed by atoms with Crippen LogP contribution < -0.4 is 0 Å². The zero-order valence-corrected chi connectivity index (χ0v) is 13.5. The Balaban J connectivity index is 2.10. The maximum Gasteiger partial charge on any atom is 0.311 e. The van der Waals surface area contributed by atoms with E-state index in [0.29, 0.717) is 12.0 Å². The number of aryl methyl sites for hydroxylation is 1. The van der Waals surface area contributed by atoms with Crippen LogP contribution in [0.2, 0.25) is 0 Å². The van der Waals surface area contributed by atoms with Crippen molar-refractivity contribution < 1.29 is 19.8 Å². The number of hydrogen-bond donors (Lipinski definition) is 2. The van der Waals surface area contributed by atoms with E-state index in [1.54, 1.807) is 24.3 Å². The molecule has 0 spiro atoms. The van der Waals surface area contributed by atoms with Crippen LogP contribution in [-0.2, 0) is 16.0 Å². The van der Waals surface area contributed by atoms with Crippen molar-refractivity contribution in [2.75, 3.05) is 0 Å². The van der Waals surface area contributed by atoms with E-state index in [1.807, 2.05) is 36.4 Å². The van der Waals surface area contributed by atoms with Crippen LogP contribution in [0.1, 0.15) is 36.3 Å². The Morgan fingerprint density at radius 2 is 1.46 bits per heavy atom. The number of carbonyl (C=O) groups is 2. The molecule has 2 aromatic carbocycles. The zero-order chi connectivity index (χ0) is 17.4. The van der Waals surface area contributed by atoms with Gasteiger partial charge in [0.05, 0.1) is 5.92 Å². The van der Waals surface area contributed by atoms with Gasteiger partial charge in [0.25, 0.3) is 0 Å². The highest BCUT2D eigenvalue weighted by Gasteiger charge is 2.31. The highest BCUT2D eigenvalue weighted by atomic mass is 16.4. The SMILES string of the molecule is O=C(O)CC(CCCc1ccccc1)C(C(=O)O)c1ccccc1. The maximum atomic E-state index is 11.8. The lowest BCUT2D eigenvalue weighted by atomic mass is 9.80. The van der Waals surface area contributed by atoms with Crippen LogP contribution in [0.25, 0.3) is 0 Å². The molecule has 0 aliphatic rings. The summed E-state index contributed by atoms with van der Waals surface area (Å²) in [5.74, 6) is -3.14. The standard InChI is InChI=1S/C20H22O4/c21-18(22)14-17(13-7-10-15-8-3-1-4-9-15)19(20(23)24)16-11-5-2-6-12-16/h1-6,8-9,11-12,17,19H,7,10,13-14H2,(H,21,22)(H,23,24). The first-order chi connectivity index (χ1) is 11.6. The first-order valence-electron chi connectivity index (χ1n) is 8.11. The fraction of sp³-hybridized carbons (Fsp3) is 0.300. The predicted octanol–water partition coefficient (Wildman–Crippen LogP) is 3.97. The van der Waals surface area contributed by atoms with Crippen LogP contribution >= 0.6 is 0 Å². The smallest absolute Gasteiger partial charge is 0.311 e. The average Bonchev–Trinajstić information content (AvgIpc) is 2.56. The Hall–Kier alpha value is -2.62. The van der Waals surface area contributed by atoms with Gasteiger partial charge in [0.2, 0.25) is 0 Å². The predicted molar refractivity (Wildman–Crippen MR) is 91.9 cm³/mol. The Morgan fingerprint density at radius 3 is 2.00 bits per heavy atom. The number of aliphatic carboxylic acids is 2. The Morgan fingerprint density at radius 1 is 0.875 bits per heavy atom. The summed E-state index contributed by atoms with van der Waals surface area (Å²) in [7, 11) is 0. The minimum atomic E-state index is -0.966. The Kier molecular flexibility index (Phi) is 6.55. The van der Waals surface area contributed by atoms with E-state index in [4.69, 9.17) is 0 Å². The van der Waals surface area contributed by atoms with Gasteiger partial charge >= 0.3 is 11.9 Å². The van der Waals surface area contributed by atoms with Crippen molar-refractivity contribution in [1.29, 1.82) is 0 Å². The second kappa shape index (κ2) is 8.87. The van der Waals surface area contributed by atoms with E-state index in [1.165, 1.54) is 5.56 Å². The minimum absolute atomic E-state index is 0.138. The van der Waals surface area contributed by atoms with Crippen LogP contribution in [0.3, 0.4) is 0 Å². The summed E-state index contributed by atoms with van der Waals surface area (Å²) < 4.78 is 0. The van der Waals surface area contributed by atoms with Crippen molar-refractivity contribution >= 4 is 11.9 Å². The molecule has 2 N–H and O–H groups in total. The van der Waals surface area contributed by atoms with Crippen molar-refractivity contribution in [3.05, 3.63) is 71.8 Å². The molecule has 2 atom stereocenters. The van der Waals surface area contributed by atoms with E-state index in [2.05, 4.69) is 0 Å². The summed E-state index contributed by atoms with van der Waals surface area (Å²) in [4.78, 5) is 23.0. The monoisotopic (exact) mass is 326 g/mol. The van der Waals surface area contributed by atoms with Gasteiger partial charge in [-0.05, 0) is 36.3 Å². The first kappa shape index (κ1) is 17.7. The number of hydrogen-bond acceptors (Lipinski definition) is 2. The number of benzene rings is 2. The molecule has 4 nitrogen and oxygen atoms in total. The van der Waals surface area contributed by atoms with Gasteiger partial charge < -0.3 is 10.2 Å². The summed E-state index contributed by atoms with van der Waals surface area (Å²) >= 11 is 0. The third-order valence-corrected chi connectivity index (χ3v) is 4.22. The molecule has 2 aromatic rings. The van der Waals surface area contributed by atoms with E-state index >= 15 is 0 Å². The lowest BCUT2D eigenvalue weighted by molar-refractivity contribution is -0.142. The molecular weight excluding hydrogens is 304 g/mol. The van der Waals surface area contributed by atoms with Crippen LogP contribution in [0.15, 0.2) is 60.7 Å². The molecule has 0 saturated heterocycles. The molecule has 4 heteroatoms. The molecule has 0 aromatic heterocycles. The molecule has 2 rings (SSSR count). The molecule has 24 heavy (non-hydrogen) atoms. The molecule has 0 radical (unpaired) electrons. The molecule has 0 aliphatic heterocycles. The zero-order valence-electron chi connectivity index (χ0n) is 13.5. The fourth-order valence-corrected chi connectivity index (χ4v) is 3.10. The van der Waals surface area contributed by atoms with Gasteiger partial charge in [0, 0.05) is 6.42 Å². The molecular formula is C20H22O4. The second-order valence-corrected chi connectivity index (χ2v) is 5.96. The van der Waals surface area contributed by atoms with E-state index in [9.17, 15) is 19.8 Å². The first-order valence-corrected chi connectivity index (χ1v) is 8.11. The highest BCUT2D eigenvalue weighted by molar-refractivity contribution is 5.78. The second-order valence-electron chi connectivity index (χ2n) is 5.96. The fourth-order valence-electron chi connectivity index (χ4n) is 3.10. The summed E-state index contributed by atoms with van der Waals surface area (Å²) in [6.45, 7) is 0. The van der Waals surface area contributed by atoms with Gasteiger partial charge in [0.1, 0.15) is 0 Å². The summed E-state index contributed by atoms with van der Waals surface area (Å²) in [5, 5.41) is 18.8. The molecule has 0 heterocycles. The maximum absolute atomic E-state index is 11.8. The third-order valence-electron chi connectivity index (χ3n) is 4.22. The van der Waals surface area contributed by atoms with Crippen molar-refractivity contribution in [1.82, 2.24) is 0 Å². The lowest BCUT2D eigenvalue weighted by Crippen LogP contribution is -2.24. The Bertz CT molecular complexity index is 652. The van der Waals surface area contributed by atoms with Crippen molar-refractivity contribution in [2.45, 2.75) is 31.6 Å². The molecule has 0 aliphatic carbocycles. The van der Waals surface area contributed by atoms with Crippen LogP contribution in [0.4, 0.5) is 0 Å². The van der Waals surface area contributed by atoms with E-state index in [-0.39, 0.29) is 6.42 Å². The topological polar surface area (TPSA) is 74.6 Å². The number of carboxylic acid groups (broad SMARTS) is 2. The normalized spacial score (nSPS) is 13.2. The van der Waals surface area contributed by atoms with Gasteiger partial charge in [-0.1, -0.05) is 60.7 Å². The van der Waals surface area contributed by atoms with E-state index in [0.717, 1.165) is 12.8 Å². The largest absolute Gasteiger partial charge is 0.481 e. The number of rotatable bonds is 9. The van der Waals surface area contributed by atoms with Gasteiger partial charge in [-0.2, -0.15) is 0 Å². The molecule has 126 valence electrons. The van der Waals surface area contributed by atoms with Crippen molar-refractivity contribution in [2.24, 2.45) is 5.92 Å². The molecule has 0 saturated carbocycles. The van der Waals surface area contributed by atoms with Gasteiger partial charge in [-0.15, -0.1) is 0 Å². The third kappa shape index (κ3) is 5.23. The van der Waals surface area contributed by atoms with Crippen LogP contribution in [0, 0.1) is 5.92 Å². The number of carboxylic acids is 2. The minimum Gasteiger partial charge on any atom is -0.481 e. The van der Waals surface area contributed by atoms with Crippen LogP contribution in [-0.4, -0.2) is 22.2 Å². The van der Waals surface area contributed by atoms with Gasteiger partial charge in [-0.3, -0.25) is 9.59 Å². The highest BCUT2D eigenvalue weighted by Crippen LogP contribution is 2.31. The summed E-state index contributed by atoms with van der Waals surface area (Å²) in [6.07, 6.45) is 2.00.